The van der Waals surface area contributed by atoms with Crippen molar-refractivity contribution in [3.63, 3.8) is 0 Å². The largest absolute Gasteiger partial charge is 0.494 e. The summed E-state index contributed by atoms with van der Waals surface area (Å²) in [6, 6.07) is 11.9. The first kappa shape index (κ1) is 19.5. The number of benzene rings is 2. The van der Waals surface area contributed by atoms with Crippen molar-refractivity contribution in [2.45, 2.75) is 20.8 Å². The number of hydrogen-bond acceptors (Lipinski definition) is 6. The number of anilines is 1. The second kappa shape index (κ2) is 8.18. The number of aromatic nitrogens is 1. The molecule has 3 aromatic rings. The van der Waals surface area contributed by atoms with Crippen molar-refractivity contribution >= 4 is 28.6 Å². The molecule has 1 aromatic heterocycles. The molecule has 0 atom stereocenters. The Morgan fingerprint density at radius 3 is 2.57 bits per heavy atom. The number of amides is 1. The van der Waals surface area contributed by atoms with Crippen molar-refractivity contribution < 1.29 is 14.5 Å². The first-order chi connectivity index (χ1) is 13.4. The Bertz CT molecular complexity index is 1030. The Balaban J connectivity index is 1.84. The van der Waals surface area contributed by atoms with Crippen molar-refractivity contribution in [2.24, 2.45) is 0 Å². The minimum Gasteiger partial charge on any atom is -0.494 e. The van der Waals surface area contributed by atoms with Crippen molar-refractivity contribution in [3.05, 3.63) is 68.7 Å². The van der Waals surface area contributed by atoms with Crippen LogP contribution in [0.2, 0.25) is 0 Å². The molecule has 0 aliphatic heterocycles. The van der Waals surface area contributed by atoms with Crippen LogP contribution < -0.4 is 10.1 Å². The van der Waals surface area contributed by atoms with Crippen LogP contribution in [0.1, 0.15) is 27.9 Å². The maximum atomic E-state index is 12.7. The van der Waals surface area contributed by atoms with E-state index in [9.17, 15) is 14.9 Å². The second-order valence-corrected chi connectivity index (χ2v) is 7.10. The highest BCUT2D eigenvalue weighted by molar-refractivity contribution is 7.17. The molecule has 1 heterocycles. The van der Waals surface area contributed by atoms with Crippen LogP contribution in [0.5, 0.6) is 5.75 Å². The van der Waals surface area contributed by atoms with Gasteiger partial charge in [0.1, 0.15) is 15.6 Å². The number of nitro benzene ring substituents is 1. The Morgan fingerprint density at radius 2 is 1.93 bits per heavy atom. The maximum Gasteiger partial charge on any atom is 0.271 e. The number of nitrogens with zero attached hydrogens (tertiary/aromatic N) is 2. The zero-order valence-corrected chi connectivity index (χ0v) is 16.5. The topological polar surface area (TPSA) is 94.4 Å². The zero-order valence-electron chi connectivity index (χ0n) is 15.7. The standard InChI is InChI=1S/C20H19N3O4S/c1-4-27-16-9-6-14(7-10-16)20-21-13(3)18(28-20)19(24)22-17-11-15(23(25)26)8-5-12(17)2/h5-11H,4H2,1-3H3,(H,22,24). The SMILES string of the molecule is CCOc1ccc(-c2nc(C)c(C(=O)Nc3cc([N+](=O)[O-])ccc3C)s2)cc1. The van der Waals surface area contributed by atoms with Gasteiger partial charge < -0.3 is 10.1 Å². The molecule has 2 aromatic carbocycles. The predicted molar refractivity (Wildman–Crippen MR) is 109 cm³/mol. The smallest absolute Gasteiger partial charge is 0.271 e. The first-order valence-electron chi connectivity index (χ1n) is 8.66. The van der Waals surface area contributed by atoms with Crippen LogP contribution in [0, 0.1) is 24.0 Å². The van der Waals surface area contributed by atoms with Crippen LogP contribution in [-0.2, 0) is 0 Å². The summed E-state index contributed by atoms with van der Waals surface area (Å²) in [5.41, 5.74) is 2.58. The third-order valence-electron chi connectivity index (χ3n) is 4.10. The lowest BCUT2D eigenvalue weighted by Gasteiger charge is -2.07. The van der Waals surface area contributed by atoms with Crippen LogP contribution in [0.15, 0.2) is 42.5 Å². The van der Waals surface area contributed by atoms with Gasteiger partial charge in [0.2, 0.25) is 0 Å². The highest BCUT2D eigenvalue weighted by Crippen LogP contribution is 2.30. The minimum atomic E-state index is -0.489. The Labute approximate surface area is 166 Å². The van der Waals surface area contributed by atoms with Gasteiger partial charge in [-0.1, -0.05) is 6.07 Å². The highest BCUT2D eigenvalue weighted by atomic mass is 32.1. The summed E-state index contributed by atoms with van der Waals surface area (Å²) >= 11 is 1.28. The average Bonchev–Trinajstić information content (AvgIpc) is 3.06. The van der Waals surface area contributed by atoms with Gasteiger partial charge in [-0.3, -0.25) is 14.9 Å². The number of nitro groups is 1. The monoisotopic (exact) mass is 397 g/mol. The molecule has 0 aliphatic rings. The molecule has 0 aliphatic carbocycles. The van der Waals surface area contributed by atoms with Gasteiger partial charge in [0.05, 0.1) is 22.9 Å². The number of rotatable bonds is 6. The fraction of sp³-hybridized carbons (Fsp3) is 0.200. The van der Waals surface area contributed by atoms with Gasteiger partial charge in [-0.2, -0.15) is 0 Å². The molecule has 7 nitrogen and oxygen atoms in total. The van der Waals surface area contributed by atoms with Crippen molar-refractivity contribution in [2.75, 3.05) is 11.9 Å². The third-order valence-corrected chi connectivity index (χ3v) is 5.30. The number of carbonyl (C=O) groups excluding carboxylic acids is 1. The van der Waals surface area contributed by atoms with Crippen LogP contribution in [0.4, 0.5) is 11.4 Å². The van der Waals surface area contributed by atoms with Crippen LogP contribution >= 0.6 is 11.3 Å². The van der Waals surface area contributed by atoms with Crippen molar-refractivity contribution in [1.82, 2.24) is 4.98 Å². The molecule has 0 radical (unpaired) electrons. The molecule has 0 bridgehead atoms. The molecular formula is C20H19N3O4S. The number of ether oxygens (including phenoxy) is 1. The van der Waals surface area contributed by atoms with Gasteiger partial charge in [0.25, 0.3) is 11.6 Å². The molecule has 1 N–H and O–H groups in total. The Kier molecular flexibility index (Phi) is 5.70. The minimum absolute atomic E-state index is 0.0722. The summed E-state index contributed by atoms with van der Waals surface area (Å²) in [5.74, 6) is 0.439. The fourth-order valence-electron chi connectivity index (χ4n) is 2.63. The molecule has 0 saturated heterocycles. The number of aryl methyl sites for hydroxylation is 2. The van der Waals surface area contributed by atoms with E-state index in [4.69, 9.17) is 4.74 Å². The normalized spacial score (nSPS) is 10.5. The molecule has 144 valence electrons. The molecule has 3 rings (SSSR count). The van der Waals surface area contributed by atoms with E-state index < -0.39 is 4.92 Å². The molecular weight excluding hydrogens is 378 g/mol. The molecule has 0 spiro atoms. The van der Waals surface area contributed by atoms with Crippen LogP contribution in [-0.4, -0.2) is 22.4 Å². The number of non-ortho nitro benzene ring substituents is 1. The van der Waals surface area contributed by atoms with Gasteiger partial charge in [-0.05, 0) is 50.6 Å². The van der Waals surface area contributed by atoms with E-state index in [0.29, 0.717) is 22.9 Å². The lowest BCUT2D eigenvalue weighted by atomic mass is 10.2. The number of thiazole rings is 1. The lowest BCUT2D eigenvalue weighted by Crippen LogP contribution is -2.12. The predicted octanol–water partition coefficient (Wildman–Crippen LogP) is 4.99. The molecule has 0 saturated carbocycles. The third kappa shape index (κ3) is 4.17. The summed E-state index contributed by atoms with van der Waals surface area (Å²) < 4.78 is 5.44. The maximum absolute atomic E-state index is 12.7. The van der Waals surface area contributed by atoms with Gasteiger partial charge in [-0.15, -0.1) is 11.3 Å². The fourth-order valence-corrected chi connectivity index (χ4v) is 3.60. The quantitative estimate of drug-likeness (QED) is 0.467. The Morgan fingerprint density at radius 1 is 1.21 bits per heavy atom. The van der Waals surface area contributed by atoms with Crippen molar-refractivity contribution in [3.8, 4) is 16.3 Å². The van der Waals surface area contributed by atoms with Gasteiger partial charge in [-0.25, -0.2) is 4.98 Å². The van der Waals surface area contributed by atoms with E-state index in [1.54, 1.807) is 19.9 Å². The molecule has 28 heavy (non-hydrogen) atoms. The Hall–Kier alpha value is -3.26. The van der Waals surface area contributed by atoms with Gasteiger partial charge >= 0.3 is 0 Å². The summed E-state index contributed by atoms with van der Waals surface area (Å²) in [7, 11) is 0. The number of nitrogens with one attached hydrogen (secondary N) is 1. The van der Waals surface area contributed by atoms with E-state index in [1.807, 2.05) is 31.2 Å². The first-order valence-corrected chi connectivity index (χ1v) is 9.47. The van der Waals surface area contributed by atoms with E-state index in [2.05, 4.69) is 10.3 Å². The summed E-state index contributed by atoms with van der Waals surface area (Å²) in [4.78, 5) is 28.2. The van der Waals surface area contributed by atoms with E-state index in [0.717, 1.165) is 21.9 Å². The second-order valence-electron chi connectivity index (χ2n) is 6.10. The summed E-state index contributed by atoms with van der Waals surface area (Å²) in [6.45, 7) is 6.07. The summed E-state index contributed by atoms with van der Waals surface area (Å²) in [5, 5.41) is 14.5. The van der Waals surface area contributed by atoms with Crippen LogP contribution in [0.25, 0.3) is 10.6 Å². The van der Waals surface area contributed by atoms with Crippen molar-refractivity contribution in [1.29, 1.82) is 0 Å². The summed E-state index contributed by atoms with van der Waals surface area (Å²) in [6.07, 6.45) is 0. The molecule has 0 fully saturated rings. The highest BCUT2D eigenvalue weighted by Gasteiger charge is 2.18. The molecule has 8 heteroatoms. The van der Waals surface area contributed by atoms with E-state index >= 15 is 0 Å². The molecule has 1 amide bonds. The number of carbonyl (C=O) groups is 1. The molecule has 0 unspecified atom stereocenters. The number of hydrogen-bond donors (Lipinski definition) is 1. The average molecular weight is 397 g/mol. The van der Waals surface area contributed by atoms with Gasteiger partial charge in [0.15, 0.2) is 0 Å². The van der Waals surface area contributed by atoms with E-state index in [1.165, 1.54) is 23.5 Å². The van der Waals surface area contributed by atoms with Crippen LogP contribution in [0.3, 0.4) is 0 Å². The van der Waals surface area contributed by atoms with E-state index in [-0.39, 0.29) is 11.6 Å². The lowest BCUT2D eigenvalue weighted by molar-refractivity contribution is -0.384. The zero-order chi connectivity index (χ0) is 20.3. The van der Waals surface area contributed by atoms with Gasteiger partial charge in [0, 0.05) is 17.7 Å².